The van der Waals surface area contributed by atoms with Crippen LogP contribution in [0.15, 0.2) is 10.6 Å². The van der Waals surface area contributed by atoms with Gasteiger partial charge in [-0.25, -0.2) is 9.97 Å². The molecule has 5 heteroatoms. The summed E-state index contributed by atoms with van der Waals surface area (Å²) in [5.74, 6) is 1.58. The Hall–Kier alpha value is -1.20. The summed E-state index contributed by atoms with van der Waals surface area (Å²) in [5, 5.41) is 4.73. The minimum Gasteiger partial charge on any atom is -0.444 e. The van der Waals surface area contributed by atoms with E-state index in [-0.39, 0.29) is 17.5 Å². The Labute approximate surface area is 131 Å². The van der Waals surface area contributed by atoms with Crippen molar-refractivity contribution in [2.45, 2.75) is 66.0 Å². The molecular weight excluding hydrogens is 282 g/mol. The molecule has 0 radical (unpaired) electrons. The molecule has 0 aliphatic heterocycles. The van der Waals surface area contributed by atoms with Gasteiger partial charge in [-0.15, -0.1) is 11.3 Å². The topological polar surface area (TPSA) is 51.0 Å². The van der Waals surface area contributed by atoms with E-state index in [1.807, 2.05) is 6.92 Å². The Bertz CT molecular complexity index is 609. The molecule has 0 saturated carbocycles. The summed E-state index contributed by atoms with van der Waals surface area (Å²) in [7, 11) is 0. The van der Waals surface area contributed by atoms with E-state index in [1.165, 1.54) is 9.88 Å². The molecule has 116 valence electrons. The fourth-order valence-corrected chi connectivity index (χ4v) is 3.36. The zero-order valence-electron chi connectivity index (χ0n) is 13.9. The fourth-order valence-electron chi connectivity index (χ4n) is 2.23. The van der Waals surface area contributed by atoms with Crippen LogP contribution >= 0.6 is 11.3 Å². The van der Waals surface area contributed by atoms with Crippen molar-refractivity contribution in [2.75, 3.05) is 0 Å². The Morgan fingerprint density at radius 1 is 1.19 bits per heavy atom. The monoisotopic (exact) mass is 307 g/mol. The maximum Gasteiger partial charge on any atom is 0.211 e. The van der Waals surface area contributed by atoms with Crippen molar-refractivity contribution in [3.05, 3.63) is 33.4 Å². The lowest BCUT2D eigenvalue weighted by atomic mass is 9.98. The molecular formula is C16H25N3OS. The summed E-state index contributed by atoms with van der Waals surface area (Å²) in [4.78, 5) is 10.3. The predicted molar refractivity (Wildman–Crippen MR) is 86.8 cm³/mol. The van der Waals surface area contributed by atoms with Crippen LogP contribution in [0, 0.1) is 13.8 Å². The number of hydrogen-bond acceptors (Lipinski definition) is 5. The van der Waals surface area contributed by atoms with E-state index >= 15 is 0 Å². The van der Waals surface area contributed by atoms with Crippen LogP contribution in [0.1, 0.15) is 73.9 Å². The van der Waals surface area contributed by atoms with Crippen molar-refractivity contribution in [1.29, 1.82) is 0 Å². The first kappa shape index (κ1) is 16.2. The van der Waals surface area contributed by atoms with E-state index in [0.29, 0.717) is 0 Å². The summed E-state index contributed by atoms with van der Waals surface area (Å²) in [5.41, 5.74) is 1.21. The summed E-state index contributed by atoms with van der Waals surface area (Å²) >= 11 is 1.79. The maximum absolute atomic E-state index is 5.59. The highest BCUT2D eigenvalue weighted by molar-refractivity contribution is 7.12. The zero-order chi connectivity index (χ0) is 15.8. The highest BCUT2D eigenvalue weighted by Gasteiger charge is 2.23. The molecule has 2 aromatic heterocycles. The predicted octanol–water partition coefficient (Wildman–Crippen LogP) is 4.46. The van der Waals surface area contributed by atoms with Crippen molar-refractivity contribution < 1.29 is 4.42 Å². The first-order valence-electron chi connectivity index (χ1n) is 7.34. The second kappa shape index (κ2) is 5.89. The molecule has 0 spiro atoms. The van der Waals surface area contributed by atoms with Crippen molar-refractivity contribution in [3.63, 3.8) is 0 Å². The van der Waals surface area contributed by atoms with Gasteiger partial charge in [-0.3, -0.25) is 5.32 Å². The number of rotatable bonds is 4. The lowest BCUT2D eigenvalue weighted by molar-refractivity contribution is 0.381. The maximum atomic E-state index is 5.59. The second-order valence-electron chi connectivity index (χ2n) is 6.64. The lowest BCUT2D eigenvalue weighted by Gasteiger charge is -2.17. The van der Waals surface area contributed by atoms with E-state index in [4.69, 9.17) is 9.40 Å². The quantitative estimate of drug-likeness (QED) is 0.906. The van der Waals surface area contributed by atoms with Crippen molar-refractivity contribution in [3.8, 4) is 0 Å². The van der Waals surface area contributed by atoms with Gasteiger partial charge in [0.2, 0.25) is 5.89 Å². The molecule has 21 heavy (non-hydrogen) atoms. The number of thiazole rings is 1. The third kappa shape index (κ3) is 3.71. The van der Waals surface area contributed by atoms with Crippen LogP contribution in [0.5, 0.6) is 0 Å². The molecule has 0 aromatic carbocycles. The van der Waals surface area contributed by atoms with Crippen LogP contribution in [0.2, 0.25) is 0 Å². The van der Waals surface area contributed by atoms with Gasteiger partial charge in [0.1, 0.15) is 5.76 Å². The molecule has 2 heterocycles. The molecule has 0 fully saturated rings. The summed E-state index contributed by atoms with van der Waals surface area (Å²) in [6.45, 7) is 14.8. The Balaban J connectivity index is 2.13. The van der Waals surface area contributed by atoms with Gasteiger partial charge >= 0.3 is 0 Å². The molecule has 2 unspecified atom stereocenters. The van der Waals surface area contributed by atoms with E-state index < -0.39 is 0 Å². The molecule has 2 atom stereocenters. The molecule has 1 N–H and O–H groups in total. The van der Waals surface area contributed by atoms with Crippen LogP contribution in [0.4, 0.5) is 0 Å². The van der Waals surface area contributed by atoms with Crippen LogP contribution < -0.4 is 5.32 Å². The van der Waals surface area contributed by atoms with E-state index in [2.05, 4.69) is 51.8 Å². The van der Waals surface area contributed by atoms with Gasteiger partial charge in [0.15, 0.2) is 0 Å². The zero-order valence-corrected chi connectivity index (χ0v) is 14.8. The number of nitrogens with zero attached hydrogens (tertiary/aromatic N) is 2. The first-order valence-corrected chi connectivity index (χ1v) is 8.16. The highest BCUT2D eigenvalue weighted by Crippen LogP contribution is 2.33. The van der Waals surface area contributed by atoms with Gasteiger partial charge in [-0.1, -0.05) is 20.8 Å². The number of hydrogen-bond donors (Lipinski definition) is 1. The van der Waals surface area contributed by atoms with E-state index in [0.717, 1.165) is 17.3 Å². The second-order valence-corrected chi connectivity index (χ2v) is 7.67. The highest BCUT2D eigenvalue weighted by atomic mass is 32.1. The van der Waals surface area contributed by atoms with Crippen molar-refractivity contribution >= 4 is 11.3 Å². The van der Waals surface area contributed by atoms with E-state index in [1.54, 1.807) is 17.5 Å². The van der Waals surface area contributed by atoms with Gasteiger partial charge in [0, 0.05) is 16.3 Å². The number of nitrogens with one attached hydrogen (secondary N) is 1. The molecule has 0 bridgehead atoms. The lowest BCUT2D eigenvalue weighted by Crippen LogP contribution is -2.22. The molecule has 0 amide bonds. The normalized spacial score (nSPS) is 15.2. The van der Waals surface area contributed by atoms with Gasteiger partial charge in [-0.05, 0) is 27.7 Å². The van der Waals surface area contributed by atoms with Gasteiger partial charge in [0.25, 0.3) is 0 Å². The molecule has 2 aromatic rings. The third-order valence-electron chi connectivity index (χ3n) is 3.38. The van der Waals surface area contributed by atoms with Crippen LogP contribution in [-0.2, 0) is 5.41 Å². The molecule has 0 aliphatic rings. The Morgan fingerprint density at radius 3 is 2.33 bits per heavy atom. The fraction of sp³-hybridized carbons (Fsp3) is 0.625. The summed E-state index contributed by atoms with van der Waals surface area (Å²) in [6.07, 6.45) is 1.76. The van der Waals surface area contributed by atoms with Crippen LogP contribution in [-0.4, -0.2) is 9.97 Å². The average Bonchev–Trinajstić information content (AvgIpc) is 2.94. The standard InChI is InChI=1S/C16H25N3OS/c1-9-8-17-14(20-9)12(4)18-10(2)13-11(3)19-15(21-13)16(5,6)7/h8,10,12,18H,1-7H3. The smallest absolute Gasteiger partial charge is 0.211 e. The number of aryl methyl sites for hydroxylation is 2. The number of oxazole rings is 1. The molecule has 0 aliphatic carbocycles. The Kier molecular flexibility index (Phi) is 4.54. The first-order chi connectivity index (χ1) is 9.68. The van der Waals surface area contributed by atoms with E-state index in [9.17, 15) is 0 Å². The number of aromatic nitrogens is 2. The van der Waals surface area contributed by atoms with Gasteiger partial charge in [-0.2, -0.15) is 0 Å². The van der Waals surface area contributed by atoms with Crippen LogP contribution in [0.25, 0.3) is 0 Å². The summed E-state index contributed by atoms with van der Waals surface area (Å²) < 4.78 is 5.59. The molecule has 0 saturated heterocycles. The summed E-state index contributed by atoms with van der Waals surface area (Å²) in [6, 6.07) is 0.300. The van der Waals surface area contributed by atoms with Gasteiger partial charge in [0.05, 0.1) is 22.9 Å². The minimum atomic E-state index is 0.0771. The third-order valence-corrected chi connectivity index (χ3v) is 5.14. The van der Waals surface area contributed by atoms with Crippen LogP contribution in [0.3, 0.4) is 0 Å². The Morgan fingerprint density at radius 2 is 1.86 bits per heavy atom. The average molecular weight is 307 g/mol. The van der Waals surface area contributed by atoms with Gasteiger partial charge < -0.3 is 4.42 Å². The molecule has 4 nitrogen and oxygen atoms in total. The SMILES string of the molecule is Cc1cnc(C(C)NC(C)c2sc(C(C)(C)C)nc2C)o1. The minimum absolute atomic E-state index is 0.0771. The van der Waals surface area contributed by atoms with Crippen molar-refractivity contribution in [1.82, 2.24) is 15.3 Å². The van der Waals surface area contributed by atoms with Crippen molar-refractivity contribution in [2.24, 2.45) is 0 Å². The molecule has 2 rings (SSSR count). The largest absolute Gasteiger partial charge is 0.444 e.